The summed E-state index contributed by atoms with van der Waals surface area (Å²) in [5, 5.41) is 6.21. The number of benzene rings is 1. The summed E-state index contributed by atoms with van der Waals surface area (Å²) >= 11 is 0. The summed E-state index contributed by atoms with van der Waals surface area (Å²) in [5.41, 5.74) is 1.12. The highest BCUT2D eigenvalue weighted by atomic mass is 16.6. The smallest absolute Gasteiger partial charge is 0.407 e. The van der Waals surface area contributed by atoms with Gasteiger partial charge < -0.3 is 20.1 Å². The van der Waals surface area contributed by atoms with Gasteiger partial charge in [-0.05, 0) is 44.9 Å². The van der Waals surface area contributed by atoms with Crippen LogP contribution < -0.4 is 10.6 Å². The molecule has 0 radical (unpaired) electrons. The average molecular weight is 320 g/mol. The molecule has 6 nitrogen and oxygen atoms in total. The van der Waals surface area contributed by atoms with Crippen LogP contribution in [0.1, 0.15) is 43.1 Å². The number of carbonyl (C=O) groups excluding carboxylic acids is 2. The van der Waals surface area contributed by atoms with Crippen LogP contribution in [0, 0.1) is 0 Å². The van der Waals surface area contributed by atoms with Gasteiger partial charge in [0.05, 0.1) is 12.7 Å². The number of hydrogen-bond acceptors (Lipinski definition) is 5. The molecule has 0 bridgehead atoms. The van der Waals surface area contributed by atoms with Crippen LogP contribution in [0.3, 0.4) is 0 Å². The third-order valence-corrected chi connectivity index (χ3v) is 3.44. The van der Waals surface area contributed by atoms with Crippen LogP contribution >= 0.6 is 0 Å². The van der Waals surface area contributed by atoms with Crippen molar-refractivity contribution in [2.75, 3.05) is 7.11 Å². The van der Waals surface area contributed by atoms with Crippen molar-refractivity contribution in [1.82, 2.24) is 10.6 Å². The number of rotatable bonds is 5. The summed E-state index contributed by atoms with van der Waals surface area (Å²) in [4.78, 5) is 23.0. The lowest BCUT2D eigenvalue weighted by Crippen LogP contribution is -2.36. The Balaban J connectivity index is 1.72. The number of hydrogen-bond donors (Lipinski definition) is 2. The molecule has 23 heavy (non-hydrogen) atoms. The Hall–Kier alpha value is -2.08. The number of amides is 1. The van der Waals surface area contributed by atoms with E-state index in [4.69, 9.17) is 4.74 Å². The van der Waals surface area contributed by atoms with Crippen LogP contribution in [0.2, 0.25) is 0 Å². The van der Waals surface area contributed by atoms with E-state index in [1.165, 1.54) is 7.11 Å². The molecule has 0 spiro atoms. The number of carbonyl (C=O) groups is 2. The van der Waals surface area contributed by atoms with Gasteiger partial charge in [0.25, 0.3) is 0 Å². The van der Waals surface area contributed by atoms with Crippen molar-refractivity contribution in [2.45, 2.75) is 51.4 Å². The zero-order valence-corrected chi connectivity index (χ0v) is 14.0. The SMILES string of the molecule is COC(=O)c1ccc(CNC2CC2NC(=O)OC(C)(C)C)cc1. The number of alkyl carbamates (subject to hydrolysis) is 1. The predicted octanol–water partition coefficient (Wildman–Crippen LogP) is 2.23. The summed E-state index contributed by atoms with van der Waals surface area (Å²) in [5.74, 6) is -0.340. The highest BCUT2D eigenvalue weighted by molar-refractivity contribution is 5.89. The zero-order chi connectivity index (χ0) is 17.0. The van der Waals surface area contributed by atoms with Gasteiger partial charge in [-0.15, -0.1) is 0 Å². The summed E-state index contributed by atoms with van der Waals surface area (Å²) < 4.78 is 9.89. The highest BCUT2D eigenvalue weighted by Crippen LogP contribution is 2.22. The van der Waals surface area contributed by atoms with E-state index >= 15 is 0 Å². The zero-order valence-electron chi connectivity index (χ0n) is 14.0. The Morgan fingerprint density at radius 1 is 1.17 bits per heavy atom. The first kappa shape index (κ1) is 17.3. The Morgan fingerprint density at radius 2 is 1.83 bits per heavy atom. The summed E-state index contributed by atoms with van der Waals surface area (Å²) in [6.07, 6.45) is 0.508. The van der Waals surface area contributed by atoms with E-state index in [2.05, 4.69) is 15.4 Å². The second kappa shape index (κ2) is 7.00. The molecule has 1 aliphatic rings. The van der Waals surface area contributed by atoms with Gasteiger partial charge in [0.15, 0.2) is 0 Å². The molecule has 126 valence electrons. The van der Waals surface area contributed by atoms with Gasteiger partial charge in [0.2, 0.25) is 0 Å². The van der Waals surface area contributed by atoms with E-state index < -0.39 is 5.60 Å². The minimum atomic E-state index is -0.483. The van der Waals surface area contributed by atoms with Crippen molar-refractivity contribution in [3.63, 3.8) is 0 Å². The molecule has 0 heterocycles. The fourth-order valence-corrected chi connectivity index (χ4v) is 2.16. The lowest BCUT2D eigenvalue weighted by molar-refractivity contribution is 0.0521. The molecule has 0 saturated heterocycles. The molecule has 1 aliphatic carbocycles. The predicted molar refractivity (Wildman–Crippen MR) is 86.2 cm³/mol. The van der Waals surface area contributed by atoms with Crippen LogP contribution in [0.15, 0.2) is 24.3 Å². The van der Waals surface area contributed by atoms with Crippen LogP contribution in [0.5, 0.6) is 0 Å². The fourth-order valence-electron chi connectivity index (χ4n) is 2.16. The molecular weight excluding hydrogens is 296 g/mol. The molecule has 1 fully saturated rings. The standard InChI is InChI=1S/C17H24N2O4/c1-17(2,3)23-16(21)19-14-9-13(14)18-10-11-5-7-12(8-6-11)15(20)22-4/h5-8,13-14,18H,9-10H2,1-4H3,(H,19,21). The maximum atomic E-state index is 11.7. The molecule has 2 atom stereocenters. The molecule has 6 heteroatoms. The number of methoxy groups -OCH3 is 1. The minimum Gasteiger partial charge on any atom is -0.465 e. The van der Waals surface area contributed by atoms with E-state index in [1.807, 2.05) is 32.9 Å². The first-order valence-electron chi connectivity index (χ1n) is 7.68. The molecule has 2 unspecified atom stereocenters. The number of nitrogens with one attached hydrogen (secondary N) is 2. The second-order valence-electron chi connectivity index (χ2n) is 6.66. The average Bonchev–Trinajstić information content (AvgIpc) is 3.20. The normalized spacial score (nSPS) is 19.8. The quantitative estimate of drug-likeness (QED) is 0.814. The van der Waals surface area contributed by atoms with Gasteiger partial charge in [-0.3, -0.25) is 0 Å². The first-order valence-corrected chi connectivity index (χ1v) is 7.68. The fraction of sp³-hybridized carbons (Fsp3) is 0.529. The second-order valence-corrected chi connectivity index (χ2v) is 6.66. The molecule has 0 aliphatic heterocycles. The van der Waals surface area contributed by atoms with Crippen molar-refractivity contribution in [2.24, 2.45) is 0 Å². The van der Waals surface area contributed by atoms with Gasteiger partial charge >= 0.3 is 12.1 Å². The Labute approximate surface area is 136 Å². The van der Waals surface area contributed by atoms with Crippen molar-refractivity contribution in [3.8, 4) is 0 Å². The molecule has 1 aromatic carbocycles. The Morgan fingerprint density at radius 3 is 2.39 bits per heavy atom. The van der Waals surface area contributed by atoms with E-state index in [-0.39, 0.29) is 24.1 Å². The summed E-state index contributed by atoms with van der Waals surface area (Å²) in [6, 6.07) is 7.62. The van der Waals surface area contributed by atoms with Gasteiger partial charge in [0, 0.05) is 18.6 Å². The molecule has 1 saturated carbocycles. The topological polar surface area (TPSA) is 76.7 Å². The van der Waals surface area contributed by atoms with E-state index in [9.17, 15) is 9.59 Å². The van der Waals surface area contributed by atoms with Crippen molar-refractivity contribution in [3.05, 3.63) is 35.4 Å². The van der Waals surface area contributed by atoms with Gasteiger partial charge in [0.1, 0.15) is 5.60 Å². The Kier molecular flexibility index (Phi) is 5.26. The maximum absolute atomic E-state index is 11.7. The van der Waals surface area contributed by atoms with Crippen LogP contribution in [-0.4, -0.2) is 36.9 Å². The van der Waals surface area contributed by atoms with Crippen molar-refractivity contribution >= 4 is 12.1 Å². The van der Waals surface area contributed by atoms with Crippen LogP contribution in [0.4, 0.5) is 4.79 Å². The summed E-state index contributed by atoms with van der Waals surface area (Å²) in [6.45, 7) is 6.20. The molecule has 2 N–H and O–H groups in total. The summed E-state index contributed by atoms with van der Waals surface area (Å²) in [7, 11) is 1.36. The van der Waals surface area contributed by atoms with Gasteiger partial charge in [-0.1, -0.05) is 12.1 Å². The minimum absolute atomic E-state index is 0.110. The van der Waals surface area contributed by atoms with Crippen molar-refractivity contribution in [1.29, 1.82) is 0 Å². The third-order valence-electron chi connectivity index (χ3n) is 3.44. The largest absolute Gasteiger partial charge is 0.465 e. The molecule has 1 amide bonds. The molecule has 0 aromatic heterocycles. The van der Waals surface area contributed by atoms with Crippen LogP contribution in [0.25, 0.3) is 0 Å². The van der Waals surface area contributed by atoms with Gasteiger partial charge in [-0.25, -0.2) is 9.59 Å². The van der Waals surface area contributed by atoms with E-state index in [0.29, 0.717) is 12.1 Å². The lowest BCUT2D eigenvalue weighted by Gasteiger charge is -2.19. The van der Waals surface area contributed by atoms with Crippen LogP contribution in [-0.2, 0) is 16.0 Å². The number of esters is 1. The van der Waals surface area contributed by atoms with Gasteiger partial charge in [-0.2, -0.15) is 0 Å². The molecule has 1 aromatic rings. The molecular formula is C17H24N2O4. The monoisotopic (exact) mass is 320 g/mol. The lowest BCUT2D eigenvalue weighted by atomic mass is 10.1. The van der Waals surface area contributed by atoms with Crippen molar-refractivity contribution < 1.29 is 19.1 Å². The Bertz CT molecular complexity index is 563. The molecule has 2 rings (SSSR count). The highest BCUT2D eigenvalue weighted by Gasteiger charge is 2.38. The number of ether oxygens (including phenoxy) is 2. The third kappa shape index (κ3) is 5.56. The van der Waals surface area contributed by atoms with E-state index in [1.54, 1.807) is 12.1 Å². The van der Waals surface area contributed by atoms with E-state index in [0.717, 1.165) is 12.0 Å². The first-order chi connectivity index (χ1) is 10.8. The maximum Gasteiger partial charge on any atom is 0.407 e.